The van der Waals surface area contributed by atoms with Crippen LogP contribution >= 0.6 is 0 Å². The third-order valence-electron chi connectivity index (χ3n) is 10.3. The molecule has 0 saturated heterocycles. The third-order valence-corrected chi connectivity index (χ3v) is 10.3. The number of rotatable bonds is 12. The van der Waals surface area contributed by atoms with E-state index >= 15 is 0 Å². The number of Topliss-reactive ketones (excluding diaryl/α,β-unsaturated/α-hetero) is 3. The summed E-state index contributed by atoms with van der Waals surface area (Å²) in [5.41, 5.74) is 6.37. The van der Waals surface area contributed by atoms with Gasteiger partial charge in [0, 0.05) is 45.2 Å². The van der Waals surface area contributed by atoms with E-state index in [2.05, 4.69) is 6.08 Å². The van der Waals surface area contributed by atoms with Gasteiger partial charge in [-0.2, -0.15) is 0 Å². The molecule has 0 heterocycles. The van der Waals surface area contributed by atoms with E-state index in [1.54, 1.807) is 48.5 Å². The van der Waals surface area contributed by atoms with Gasteiger partial charge in [0.25, 0.3) is 0 Å². The first-order valence-electron chi connectivity index (χ1n) is 18.5. The highest BCUT2D eigenvalue weighted by Gasteiger charge is 2.30. The Morgan fingerprint density at radius 3 is 2.19 bits per heavy atom. The maximum absolute atomic E-state index is 14.3. The van der Waals surface area contributed by atoms with Crippen LogP contribution < -0.4 is 0 Å². The lowest BCUT2D eigenvalue weighted by Gasteiger charge is -2.26. The predicted octanol–water partition coefficient (Wildman–Crippen LogP) is 9.38. The highest BCUT2D eigenvalue weighted by Crippen LogP contribution is 2.34. The summed E-state index contributed by atoms with van der Waals surface area (Å²) in [4.78, 5) is 55.1. The second-order valence-electron chi connectivity index (χ2n) is 14.1. The molecule has 0 amide bonds. The Balaban J connectivity index is 1.19. The molecule has 1 N–H and O–H groups in total. The van der Waals surface area contributed by atoms with Crippen molar-refractivity contribution in [3.05, 3.63) is 201 Å². The van der Waals surface area contributed by atoms with Gasteiger partial charge in [-0.05, 0) is 73.8 Å². The monoisotopic (exact) mass is 698 g/mol. The molecule has 3 aromatic carbocycles. The molecule has 0 radical (unpaired) electrons. The fraction of sp³-hybridized carbons (Fsp3) is 0.208. The van der Waals surface area contributed by atoms with Gasteiger partial charge in [-0.1, -0.05) is 139 Å². The molecule has 53 heavy (non-hydrogen) atoms. The quantitative estimate of drug-likeness (QED) is 0.150. The number of benzene rings is 3. The summed E-state index contributed by atoms with van der Waals surface area (Å²) in [6.07, 6.45) is 25.1. The topological polar surface area (TPSA) is 88.5 Å². The van der Waals surface area contributed by atoms with Gasteiger partial charge in [0.1, 0.15) is 0 Å². The Labute approximate surface area is 310 Å². The van der Waals surface area contributed by atoms with Crippen molar-refractivity contribution in [3.63, 3.8) is 0 Å². The largest absolute Gasteiger partial charge is 0.388 e. The van der Waals surface area contributed by atoms with Crippen LogP contribution in [0.4, 0.5) is 0 Å². The molecule has 0 saturated carbocycles. The Hall–Kier alpha value is -5.78. The lowest BCUT2D eigenvalue weighted by Crippen LogP contribution is -2.25. The number of allylic oxidation sites excluding steroid dienone is 13. The van der Waals surface area contributed by atoms with Crippen LogP contribution in [-0.4, -0.2) is 34.3 Å². The molecular weight excluding hydrogens is 657 g/mol. The first kappa shape index (κ1) is 35.6. The average Bonchev–Trinajstić information content (AvgIpc) is 3.23. The van der Waals surface area contributed by atoms with E-state index in [9.17, 15) is 24.3 Å². The summed E-state index contributed by atoms with van der Waals surface area (Å²) in [7, 11) is 0. The second kappa shape index (κ2) is 16.3. The van der Waals surface area contributed by atoms with Gasteiger partial charge in [-0.15, -0.1) is 0 Å². The Morgan fingerprint density at radius 2 is 1.45 bits per heavy atom. The molecule has 7 rings (SSSR count). The molecule has 5 nitrogen and oxygen atoms in total. The van der Waals surface area contributed by atoms with E-state index in [1.165, 1.54) is 0 Å². The minimum absolute atomic E-state index is 0.0724. The van der Waals surface area contributed by atoms with E-state index in [4.69, 9.17) is 0 Å². The van der Waals surface area contributed by atoms with Crippen LogP contribution in [0.25, 0.3) is 0 Å². The van der Waals surface area contributed by atoms with Crippen LogP contribution in [0.3, 0.4) is 0 Å². The number of aliphatic hydroxyl groups excluding tert-OH is 1. The minimum atomic E-state index is -0.713. The summed E-state index contributed by atoms with van der Waals surface area (Å²) in [6.45, 7) is 0. The van der Waals surface area contributed by atoms with E-state index in [1.807, 2.05) is 91.1 Å². The van der Waals surface area contributed by atoms with Crippen LogP contribution in [0.5, 0.6) is 0 Å². The van der Waals surface area contributed by atoms with Crippen molar-refractivity contribution in [2.75, 3.05) is 0 Å². The van der Waals surface area contributed by atoms with Crippen LogP contribution in [0, 0.1) is 11.8 Å². The van der Waals surface area contributed by atoms with Crippen molar-refractivity contribution < 1.29 is 24.3 Å². The Bertz CT molecular complexity index is 2200. The van der Waals surface area contributed by atoms with Crippen molar-refractivity contribution >= 4 is 23.1 Å². The number of carbonyl (C=O) groups excluding carboxylic acids is 4. The molecule has 0 aromatic heterocycles. The van der Waals surface area contributed by atoms with Crippen molar-refractivity contribution in [1.82, 2.24) is 0 Å². The molecule has 4 aliphatic carbocycles. The zero-order valence-electron chi connectivity index (χ0n) is 29.6. The average molecular weight is 699 g/mol. The second-order valence-corrected chi connectivity index (χ2v) is 14.1. The van der Waals surface area contributed by atoms with Crippen molar-refractivity contribution in [3.8, 4) is 0 Å². The van der Waals surface area contributed by atoms with Gasteiger partial charge >= 0.3 is 0 Å². The fourth-order valence-electron chi connectivity index (χ4n) is 7.52. The molecule has 0 spiro atoms. The SMILES string of the molecule is O=C(C1=CCCC=C1)c1cccc(C(=O)C2=CC(C(=O)C3=CC(C(O)C4=CC=CCC4)C=CC3)CC(Cc3cccc(C(=O)c4ccccc4)c3)=C2)c1. The Morgan fingerprint density at radius 1 is 0.717 bits per heavy atom. The lowest BCUT2D eigenvalue weighted by atomic mass is 9.78. The smallest absolute Gasteiger partial charge is 0.193 e. The molecule has 4 aliphatic rings. The summed E-state index contributed by atoms with van der Waals surface area (Å²) < 4.78 is 0. The normalized spacial score (nSPS) is 20.0. The van der Waals surface area contributed by atoms with Gasteiger partial charge < -0.3 is 5.11 Å². The highest BCUT2D eigenvalue weighted by atomic mass is 16.3. The van der Waals surface area contributed by atoms with Crippen molar-refractivity contribution in [1.29, 1.82) is 0 Å². The number of aliphatic hydroxyl groups is 1. The summed E-state index contributed by atoms with van der Waals surface area (Å²) in [5, 5.41) is 11.2. The summed E-state index contributed by atoms with van der Waals surface area (Å²) in [5.74, 6) is -1.46. The van der Waals surface area contributed by atoms with Gasteiger partial charge in [-0.3, -0.25) is 19.2 Å². The zero-order chi connectivity index (χ0) is 36.7. The van der Waals surface area contributed by atoms with Gasteiger partial charge in [0.15, 0.2) is 23.1 Å². The van der Waals surface area contributed by atoms with Gasteiger partial charge in [-0.25, -0.2) is 0 Å². The lowest BCUT2D eigenvalue weighted by molar-refractivity contribution is -0.118. The van der Waals surface area contributed by atoms with E-state index in [0.717, 1.165) is 42.4 Å². The van der Waals surface area contributed by atoms with E-state index in [0.29, 0.717) is 58.2 Å². The Kier molecular flexibility index (Phi) is 10.9. The molecular formula is C48H42O5. The number of hydrogen-bond donors (Lipinski definition) is 1. The molecule has 0 aliphatic heterocycles. The molecule has 0 fully saturated rings. The predicted molar refractivity (Wildman–Crippen MR) is 209 cm³/mol. The van der Waals surface area contributed by atoms with Gasteiger partial charge in [0.05, 0.1) is 6.10 Å². The van der Waals surface area contributed by atoms with Crippen LogP contribution in [-0.2, 0) is 11.2 Å². The number of hydrogen-bond acceptors (Lipinski definition) is 5. The summed E-state index contributed by atoms with van der Waals surface area (Å²) in [6, 6.07) is 23.4. The highest BCUT2D eigenvalue weighted by molar-refractivity contribution is 6.15. The summed E-state index contributed by atoms with van der Waals surface area (Å²) >= 11 is 0. The molecule has 3 atom stereocenters. The van der Waals surface area contributed by atoms with Crippen LogP contribution in [0.1, 0.15) is 80.7 Å². The fourth-order valence-corrected chi connectivity index (χ4v) is 7.52. The number of carbonyl (C=O) groups is 4. The van der Waals surface area contributed by atoms with Gasteiger partial charge in [0.2, 0.25) is 0 Å². The minimum Gasteiger partial charge on any atom is -0.388 e. The maximum atomic E-state index is 14.3. The van der Waals surface area contributed by atoms with E-state index in [-0.39, 0.29) is 29.1 Å². The maximum Gasteiger partial charge on any atom is 0.193 e. The number of ketones is 4. The van der Waals surface area contributed by atoms with Crippen LogP contribution in [0.15, 0.2) is 174 Å². The first-order chi connectivity index (χ1) is 25.8. The molecule has 3 aromatic rings. The molecule has 5 heteroatoms. The third kappa shape index (κ3) is 8.32. The van der Waals surface area contributed by atoms with Crippen molar-refractivity contribution in [2.45, 2.75) is 51.0 Å². The molecule has 3 unspecified atom stereocenters. The van der Waals surface area contributed by atoms with E-state index < -0.39 is 12.0 Å². The molecule has 0 bridgehead atoms. The van der Waals surface area contributed by atoms with Crippen LogP contribution in [0.2, 0.25) is 0 Å². The zero-order valence-corrected chi connectivity index (χ0v) is 29.6. The standard InChI is InChI=1S/C48H42O5/c49-44(34-14-4-1-5-15-34)37-20-10-13-32(26-37)25-33-27-42(47(52)40-23-11-21-38(29-40)45(50)35-16-6-2-7-17-35)31-43(28-33)48(53)41-24-12-22-39(30-41)46(51)36-18-8-3-9-19-36/h1-2,4-6,8,10-16,18-22,24,26,28-31,38,42,45,50H,3,7,9,17,23,25,27H2. The molecule has 264 valence electrons. The van der Waals surface area contributed by atoms with Crippen molar-refractivity contribution in [2.24, 2.45) is 11.8 Å². The first-order valence-corrected chi connectivity index (χ1v) is 18.5.